The van der Waals surface area contributed by atoms with Crippen molar-refractivity contribution in [1.82, 2.24) is 0 Å². The standard InChI is InChI=1S/C10H13NO2S/c1-13-9-4-3-7(8(12)6-11)5-10(9)14-2/h3-5H,6,11H2,1-2H3. The molecule has 0 amide bonds. The molecule has 2 N–H and O–H groups in total. The Hall–Kier alpha value is -1.00. The Morgan fingerprint density at radius 3 is 2.79 bits per heavy atom. The molecule has 3 nitrogen and oxygen atoms in total. The molecule has 0 aliphatic rings. The monoisotopic (exact) mass is 211 g/mol. The number of ether oxygens (including phenoxy) is 1. The lowest BCUT2D eigenvalue weighted by Gasteiger charge is -2.07. The van der Waals surface area contributed by atoms with Gasteiger partial charge in [-0.1, -0.05) is 0 Å². The molecule has 0 saturated carbocycles. The molecule has 0 aliphatic heterocycles. The average molecular weight is 211 g/mol. The Morgan fingerprint density at radius 1 is 1.57 bits per heavy atom. The first-order valence-electron chi connectivity index (χ1n) is 4.18. The van der Waals surface area contributed by atoms with Gasteiger partial charge in [-0.25, -0.2) is 0 Å². The summed E-state index contributed by atoms with van der Waals surface area (Å²) >= 11 is 1.54. The lowest BCUT2D eigenvalue weighted by atomic mass is 10.1. The maximum Gasteiger partial charge on any atom is 0.176 e. The molecule has 0 unspecified atom stereocenters. The van der Waals surface area contributed by atoms with Crippen LogP contribution >= 0.6 is 11.8 Å². The Labute approximate surface area is 87.6 Å². The second-order valence-electron chi connectivity index (χ2n) is 2.70. The van der Waals surface area contributed by atoms with E-state index in [9.17, 15) is 4.79 Å². The third-order valence-electron chi connectivity index (χ3n) is 1.89. The highest BCUT2D eigenvalue weighted by Crippen LogP contribution is 2.28. The van der Waals surface area contributed by atoms with E-state index in [0.29, 0.717) is 5.56 Å². The summed E-state index contributed by atoms with van der Waals surface area (Å²) < 4.78 is 5.14. The SMILES string of the molecule is COc1ccc(C(=O)CN)cc1SC. The molecule has 0 aliphatic carbocycles. The number of Topliss-reactive ketones (excluding diaryl/α,β-unsaturated/α-hetero) is 1. The van der Waals surface area contributed by atoms with E-state index in [1.165, 1.54) is 0 Å². The Balaban J connectivity index is 3.07. The zero-order valence-corrected chi connectivity index (χ0v) is 9.06. The van der Waals surface area contributed by atoms with E-state index in [0.717, 1.165) is 10.6 Å². The van der Waals surface area contributed by atoms with E-state index < -0.39 is 0 Å². The number of thioether (sulfide) groups is 1. The molecule has 0 radical (unpaired) electrons. The van der Waals surface area contributed by atoms with Gasteiger partial charge < -0.3 is 10.5 Å². The van der Waals surface area contributed by atoms with Crippen LogP contribution in [-0.4, -0.2) is 25.7 Å². The fourth-order valence-corrected chi connectivity index (χ4v) is 1.72. The van der Waals surface area contributed by atoms with Crippen molar-refractivity contribution in [2.45, 2.75) is 4.90 Å². The van der Waals surface area contributed by atoms with Crippen LogP contribution in [0.25, 0.3) is 0 Å². The Kier molecular flexibility index (Phi) is 3.98. The maximum absolute atomic E-state index is 11.3. The van der Waals surface area contributed by atoms with E-state index in [4.69, 9.17) is 10.5 Å². The average Bonchev–Trinajstić information content (AvgIpc) is 2.26. The lowest BCUT2D eigenvalue weighted by molar-refractivity contribution is 0.100. The fourth-order valence-electron chi connectivity index (χ4n) is 1.13. The predicted octanol–water partition coefficient (Wildman–Crippen LogP) is 1.56. The van der Waals surface area contributed by atoms with Crippen molar-refractivity contribution in [3.05, 3.63) is 23.8 Å². The highest BCUT2D eigenvalue weighted by atomic mass is 32.2. The van der Waals surface area contributed by atoms with Gasteiger partial charge in [-0.15, -0.1) is 11.8 Å². The minimum atomic E-state index is -0.0528. The van der Waals surface area contributed by atoms with Crippen LogP contribution in [0.2, 0.25) is 0 Å². The van der Waals surface area contributed by atoms with E-state index in [1.54, 1.807) is 37.1 Å². The number of benzene rings is 1. The number of hydrogen-bond donors (Lipinski definition) is 1. The maximum atomic E-state index is 11.3. The Morgan fingerprint density at radius 2 is 2.29 bits per heavy atom. The molecular weight excluding hydrogens is 198 g/mol. The van der Waals surface area contributed by atoms with E-state index in [1.807, 2.05) is 6.26 Å². The molecule has 1 aromatic rings. The van der Waals surface area contributed by atoms with Gasteiger partial charge in [0.15, 0.2) is 5.78 Å². The third-order valence-corrected chi connectivity index (χ3v) is 2.65. The number of hydrogen-bond acceptors (Lipinski definition) is 4. The van der Waals surface area contributed by atoms with Crippen molar-refractivity contribution in [2.24, 2.45) is 5.73 Å². The van der Waals surface area contributed by atoms with Crippen LogP contribution in [0.3, 0.4) is 0 Å². The van der Waals surface area contributed by atoms with Crippen LogP contribution in [0.15, 0.2) is 23.1 Å². The van der Waals surface area contributed by atoms with Crippen LogP contribution in [0, 0.1) is 0 Å². The van der Waals surface area contributed by atoms with Crippen LogP contribution in [0.4, 0.5) is 0 Å². The molecule has 0 atom stereocenters. The zero-order valence-electron chi connectivity index (χ0n) is 8.24. The summed E-state index contributed by atoms with van der Waals surface area (Å²) in [5.41, 5.74) is 5.92. The largest absolute Gasteiger partial charge is 0.496 e. The predicted molar refractivity (Wildman–Crippen MR) is 58.2 cm³/mol. The molecule has 14 heavy (non-hydrogen) atoms. The van der Waals surface area contributed by atoms with Crippen molar-refractivity contribution in [3.8, 4) is 5.75 Å². The molecular formula is C10H13NO2S. The molecule has 0 aromatic heterocycles. The summed E-state index contributed by atoms with van der Waals surface area (Å²) in [5, 5.41) is 0. The lowest BCUT2D eigenvalue weighted by Crippen LogP contribution is -2.13. The van der Waals surface area contributed by atoms with Crippen LogP contribution < -0.4 is 10.5 Å². The molecule has 0 spiro atoms. The minimum Gasteiger partial charge on any atom is -0.496 e. The smallest absolute Gasteiger partial charge is 0.176 e. The summed E-state index contributed by atoms with van der Waals surface area (Å²) in [6.07, 6.45) is 1.94. The van der Waals surface area contributed by atoms with E-state index in [2.05, 4.69) is 0 Å². The molecule has 1 aromatic carbocycles. The molecule has 0 bridgehead atoms. The molecule has 76 valence electrons. The van der Waals surface area contributed by atoms with Crippen molar-refractivity contribution < 1.29 is 9.53 Å². The van der Waals surface area contributed by atoms with Gasteiger partial charge in [-0.3, -0.25) is 4.79 Å². The van der Waals surface area contributed by atoms with Gasteiger partial charge in [0.25, 0.3) is 0 Å². The first kappa shape index (κ1) is 11.1. The number of carbonyl (C=O) groups excluding carboxylic acids is 1. The normalized spacial score (nSPS) is 9.93. The molecule has 1 rings (SSSR count). The number of nitrogens with two attached hydrogens (primary N) is 1. The minimum absolute atomic E-state index is 0.0418. The van der Waals surface area contributed by atoms with Gasteiger partial charge in [0.05, 0.1) is 13.7 Å². The van der Waals surface area contributed by atoms with Crippen LogP contribution in [0.5, 0.6) is 5.75 Å². The second-order valence-corrected chi connectivity index (χ2v) is 3.55. The van der Waals surface area contributed by atoms with Gasteiger partial charge in [-0.2, -0.15) is 0 Å². The topological polar surface area (TPSA) is 52.3 Å². The number of methoxy groups -OCH3 is 1. The van der Waals surface area contributed by atoms with Gasteiger partial charge in [0.1, 0.15) is 5.75 Å². The second kappa shape index (κ2) is 5.02. The number of rotatable bonds is 4. The van der Waals surface area contributed by atoms with Gasteiger partial charge >= 0.3 is 0 Å². The van der Waals surface area contributed by atoms with E-state index in [-0.39, 0.29) is 12.3 Å². The number of carbonyl (C=O) groups is 1. The van der Waals surface area contributed by atoms with Crippen molar-refractivity contribution >= 4 is 17.5 Å². The fraction of sp³-hybridized carbons (Fsp3) is 0.300. The van der Waals surface area contributed by atoms with Crippen molar-refractivity contribution in [1.29, 1.82) is 0 Å². The first-order valence-corrected chi connectivity index (χ1v) is 5.40. The van der Waals surface area contributed by atoms with Crippen molar-refractivity contribution in [2.75, 3.05) is 19.9 Å². The summed E-state index contributed by atoms with van der Waals surface area (Å²) in [6.45, 7) is 0.0418. The van der Waals surface area contributed by atoms with Crippen LogP contribution in [0.1, 0.15) is 10.4 Å². The van der Waals surface area contributed by atoms with Crippen molar-refractivity contribution in [3.63, 3.8) is 0 Å². The zero-order chi connectivity index (χ0) is 10.6. The highest BCUT2D eigenvalue weighted by Gasteiger charge is 2.07. The summed E-state index contributed by atoms with van der Waals surface area (Å²) in [5.74, 6) is 0.731. The molecule has 0 fully saturated rings. The Bertz CT molecular complexity index is 339. The molecule has 4 heteroatoms. The number of ketones is 1. The van der Waals surface area contributed by atoms with Crippen LogP contribution in [-0.2, 0) is 0 Å². The summed E-state index contributed by atoms with van der Waals surface area (Å²) in [7, 11) is 1.61. The van der Waals surface area contributed by atoms with E-state index >= 15 is 0 Å². The van der Waals surface area contributed by atoms with Gasteiger partial charge in [-0.05, 0) is 24.5 Å². The third kappa shape index (κ3) is 2.27. The molecule has 0 saturated heterocycles. The van der Waals surface area contributed by atoms with Gasteiger partial charge in [0, 0.05) is 10.5 Å². The summed E-state index contributed by atoms with van der Waals surface area (Å²) in [6, 6.07) is 5.32. The molecule has 0 heterocycles. The first-order chi connectivity index (χ1) is 6.72. The van der Waals surface area contributed by atoms with Gasteiger partial charge in [0.2, 0.25) is 0 Å². The summed E-state index contributed by atoms with van der Waals surface area (Å²) in [4.78, 5) is 12.3. The quantitative estimate of drug-likeness (QED) is 0.606. The highest BCUT2D eigenvalue weighted by molar-refractivity contribution is 7.98.